The zero-order valence-corrected chi connectivity index (χ0v) is 18.0. The average molecular weight is 424 g/mol. The molecule has 2 N–H and O–H groups in total. The van der Waals surface area contributed by atoms with Gasteiger partial charge in [0.05, 0.1) is 0 Å². The third kappa shape index (κ3) is 7.10. The number of nitrogens with two attached hydrogens (primary N) is 1. The lowest BCUT2D eigenvalue weighted by atomic mass is 10.0. The zero-order valence-electron chi connectivity index (χ0n) is 16.4. The average Bonchev–Trinajstić information content (AvgIpc) is 3.10. The van der Waals surface area contributed by atoms with E-state index in [1.165, 1.54) is 5.56 Å². The van der Waals surface area contributed by atoms with Gasteiger partial charge in [0, 0.05) is 39.1 Å². The SMILES string of the molecule is CN(CC1CCN(Cc2ccccc2)C1)C(=O)CC(N)c1ccccc1.Cl.Cl. The summed E-state index contributed by atoms with van der Waals surface area (Å²) in [4.78, 5) is 16.9. The van der Waals surface area contributed by atoms with E-state index in [4.69, 9.17) is 5.73 Å². The lowest BCUT2D eigenvalue weighted by Crippen LogP contribution is -2.34. The topological polar surface area (TPSA) is 49.6 Å². The number of rotatable bonds is 7. The van der Waals surface area contributed by atoms with Crippen LogP contribution < -0.4 is 5.73 Å². The van der Waals surface area contributed by atoms with Gasteiger partial charge in [0.2, 0.25) is 5.91 Å². The van der Waals surface area contributed by atoms with Gasteiger partial charge >= 0.3 is 0 Å². The molecule has 1 heterocycles. The molecule has 0 aromatic heterocycles. The summed E-state index contributed by atoms with van der Waals surface area (Å²) in [5.74, 6) is 0.670. The van der Waals surface area contributed by atoms with Crippen LogP contribution in [0.25, 0.3) is 0 Å². The molecule has 0 saturated carbocycles. The van der Waals surface area contributed by atoms with Crippen LogP contribution in [-0.4, -0.2) is 42.4 Å². The van der Waals surface area contributed by atoms with E-state index in [1.54, 1.807) is 0 Å². The van der Waals surface area contributed by atoms with E-state index in [-0.39, 0.29) is 36.8 Å². The lowest BCUT2D eigenvalue weighted by Gasteiger charge is -2.23. The summed E-state index contributed by atoms with van der Waals surface area (Å²) in [7, 11) is 1.90. The molecule has 28 heavy (non-hydrogen) atoms. The molecular weight excluding hydrogens is 393 g/mol. The highest BCUT2D eigenvalue weighted by Crippen LogP contribution is 2.21. The second kappa shape index (κ2) is 12.1. The lowest BCUT2D eigenvalue weighted by molar-refractivity contribution is -0.130. The molecule has 0 aliphatic carbocycles. The van der Waals surface area contributed by atoms with Crippen molar-refractivity contribution in [3.05, 3.63) is 71.8 Å². The summed E-state index contributed by atoms with van der Waals surface area (Å²) in [5.41, 5.74) is 8.57. The van der Waals surface area contributed by atoms with Crippen molar-refractivity contribution in [2.75, 3.05) is 26.7 Å². The standard InChI is InChI=1S/C22H29N3O.2ClH/c1-24(22(26)14-21(23)20-10-6-3-7-11-20)15-19-12-13-25(17-19)16-18-8-4-2-5-9-18;;/h2-11,19,21H,12-17,23H2,1H3;2*1H. The van der Waals surface area contributed by atoms with Gasteiger partial charge in [0.25, 0.3) is 0 Å². The largest absolute Gasteiger partial charge is 0.345 e. The number of hydrogen-bond acceptors (Lipinski definition) is 3. The van der Waals surface area contributed by atoms with Crippen LogP contribution in [0.4, 0.5) is 0 Å². The predicted molar refractivity (Wildman–Crippen MR) is 120 cm³/mol. The molecule has 0 spiro atoms. The van der Waals surface area contributed by atoms with Gasteiger partial charge < -0.3 is 10.6 Å². The van der Waals surface area contributed by atoms with Crippen LogP contribution in [0, 0.1) is 5.92 Å². The number of likely N-dealkylation sites (tertiary alicyclic amines) is 1. The molecule has 1 saturated heterocycles. The van der Waals surface area contributed by atoms with Crippen LogP contribution in [0.5, 0.6) is 0 Å². The molecular formula is C22H31Cl2N3O. The fraction of sp³-hybridized carbons (Fsp3) is 0.409. The molecule has 154 valence electrons. The minimum atomic E-state index is -0.232. The van der Waals surface area contributed by atoms with Crippen LogP contribution in [0.2, 0.25) is 0 Å². The van der Waals surface area contributed by atoms with E-state index in [2.05, 4.69) is 35.2 Å². The van der Waals surface area contributed by atoms with E-state index < -0.39 is 0 Å². The van der Waals surface area contributed by atoms with Crippen molar-refractivity contribution < 1.29 is 4.79 Å². The summed E-state index contributed by atoms with van der Waals surface area (Å²) in [6.45, 7) is 3.96. The van der Waals surface area contributed by atoms with E-state index in [1.807, 2.05) is 42.3 Å². The number of amides is 1. The van der Waals surface area contributed by atoms with Gasteiger partial charge in [0.1, 0.15) is 0 Å². The Morgan fingerprint density at radius 1 is 1.11 bits per heavy atom. The highest BCUT2D eigenvalue weighted by molar-refractivity contribution is 5.85. The van der Waals surface area contributed by atoms with Crippen LogP contribution in [0.1, 0.15) is 30.0 Å². The molecule has 1 amide bonds. The maximum atomic E-state index is 12.5. The molecule has 1 aliphatic rings. The van der Waals surface area contributed by atoms with Gasteiger partial charge in [-0.25, -0.2) is 0 Å². The van der Waals surface area contributed by atoms with Gasteiger partial charge in [-0.2, -0.15) is 0 Å². The van der Waals surface area contributed by atoms with Crippen molar-refractivity contribution in [1.82, 2.24) is 9.80 Å². The molecule has 2 unspecified atom stereocenters. The fourth-order valence-corrected chi connectivity index (χ4v) is 3.70. The van der Waals surface area contributed by atoms with Crippen molar-refractivity contribution in [2.24, 2.45) is 11.7 Å². The first-order valence-electron chi connectivity index (χ1n) is 9.42. The van der Waals surface area contributed by atoms with E-state index in [0.717, 1.165) is 38.2 Å². The summed E-state index contributed by atoms with van der Waals surface area (Å²) in [6.07, 6.45) is 1.51. The molecule has 1 aliphatic heterocycles. The van der Waals surface area contributed by atoms with Crippen molar-refractivity contribution in [2.45, 2.75) is 25.4 Å². The van der Waals surface area contributed by atoms with Crippen molar-refractivity contribution >= 4 is 30.7 Å². The third-order valence-corrected chi connectivity index (χ3v) is 5.20. The second-order valence-electron chi connectivity index (χ2n) is 7.37. The first-order valence-corrected chi connectivity index (χ1v) is 9.42. The molecule has 3 rings (SSSR count). The van der Waals surface area contributed by atoms with Gasteiger partial charge in [0.15, 0.2) is 0 Å². The fourth-order valence-electron chi connectivity index (χ4n) is 3.70. The molecule has 6 heteroatoms. The number of carbonyl (C=O) groups is 1. The Morgan fingerprint density at radius 2 is 1.71 bits per heavy atom. The van der Waals surface area contributed by atoms with Crippen LogP contribution in [0.3, 0.4) is 0 Å². The number of carbonyl (C=O) groups excluding carboxylic acids is 1. The minimum absolute atomic E-state index is 0. The van der Waals surface area contributed by atoms with E-state index in [0.29, 0.717) is 12.3 Å². The highest BCUT2D eigenvalue weighted by atomic mass is 35.5. The van der Waals surface area contributed by atoms with Crippen LogP contribution in [0.15, 0.2) is 60.7 Å². The number of benzene rings is 2. The van der Waals surface area contributed by atoms with Gasteiger partial charge in [-0.05, 0) is 30.0 Å². The molecule has 4 nitrogen and oxygen atoms in total. The maximum Gasteiger partial charge on any atom is 0.224 e. The summed E-state index contributed by atoms with van der Waals surface area (Å²) < 4.78 is 0. The Balaban J connectivity index is 0.00000196. The molecule has 2 aromatic rings. The van der Waals surface area contributed by atoms with Gasteiger partial charge in [-0.1, -0.05) is 60.7 Å². The Morgan fingerprint density at radius 3 is 2.36 bits per heavy atom. The normalized spacial score (nSPS) is 17.3. The van der Waals surface area contributed by atoms with E-state index in [9.17, 15) is 4.79 Å². The van der Waals surface area contributed by atoms with Crippen LogP contribution >= 0.6 is 24.8 Å². The minimum Gasteiger partial charge on any atom is -0.345 e. The molecule has 2 atom stereocenters. The number of nitrogens with zero attached hydrogens (tertiary/aromatic N) is 2. The molecule has 1 fully saturated rings. The predicted octanol–water partition coefficient (Wildman–Crippen LogP) is 3.90. The number of hydrogen-bond donors (Lipinski definition) is 1. The van der Waals surface area contributed by atoms with Crippen LogP contribution in [-0.2, 0) is 11.3 Å². The monoisotopic (exact) mass is 423 g/mol. The summed E-state index contributed by atoms with van der Waals surface area (Å²) >= 11 is 0. The summed E-state index contributed by atoms with van der Waals surface area (Å²) in [5, 5.41) is 0. The Hall–Kier alpha value is -1.59. The van der Waals surface area contributed by atoms with Gasteiger partial charge in [-0.15, -0.1) is 24.8 Å². The second-order valence-corrected chi connectivity index (χ2v) is 7.37. The first-order chi connectivity index (χ1) is 12.6. The highest BCUT2D eigenvalue weighted by Gasteiger charge is 2.25. The number of halogens is 2. The smallest absolute Gasteiger partial charge is 0.224 e. The Kier molecular flexibility index (Phi) is 10.5. The van der Waals surface area contributed by atoms with Crippen molar-refractivity contribution in [1.29, 1.82) is 0 Å². The van der Waals surface area contributed by atoms with E-state index >= 15 is 0 Å². The van der Waals surface area contributed by atoms with Gasteiger partial charge in [-0.3, -0.25) is 9.69 Å². The Bertz CT molecular complexity index is 699. The third-order valence-electron chi connectivity index (χ3n) is 5.20. The Labute approximate surface area is 180 Å². The zero-order chi connectivity index (χ0) is 18.4. The molecule has 2 aromatic carbocycles. The van der Waals surface area contributed by atoms with Crippen molar-refractivity contribution in [3.63, 3.8) is 0 Å². The summed E-state index contributed by atoms with van der Waals surface area (Å²) in [6, 6.07) is 20.2. The maximum absolute atomic E-state index is 12.5. The molecule has 0 bridgehead atoms. The first kappa shape index (κ1) is 24.4. The quantitative estimate of drug-likeness (QED) is 0.734. The van der Waals surface area contributed by atoms with Crippen molar-refractivity contribution in [3.8, 4) is 0 Å². The molecule has 0 radical (unpaired) electrons.